The molecule has 13 heteroatoms. The average Bonchev–Trinajstić information content (AvgIpc) is 2.97. The summed E-state index contributed by atoms with van der Waals surface area (Å²) in [5, 5.41) is 23.7. The lowest BCUT2D eigenvalue weighted by atomic mass is 9.78. The van der Waals surface area contributed by atoms with E-state index in [9.17, 15) is 33.9 Å². The van der Waals surface area contributed by atoms with Crippen LogP contribution in [0.3, 0.4) is 0 Å². The Morgan fingerprint density at radius 2 is 1.47 bits per heavy atom. The molecule has 0 spiro atoms. The minimum atomic E-state index is -1.10. The predicted octanol–water partition coefficient (Wildman–Crippen LogP) is 2.14. The zero-order chi connectivity index (χ0) is 31.9. The average molecular weight is 615 g/mol. The molecule has 0 aliphatic heterocycles. The Morgan fingerprint density at radius 1 is 0.767 bits per heavy atom. The molecule has 4 N–H and O–H groups in total. The first-order valence-corrected chi connectivity index (χ1v) is 15.4. The van der Waals surface area contributed by atoms with E-state index in [1.165, 1.54) is 0 Å². The van der Waals surface area contributed by atoms with Crippen LogP contribution in [0, 0.1) is 17.8 Å². The van der Waals surface area contributed by atoms with Gasteiger partial charge in [0.1, 0.15) is 12.4 Å². The number of carbonyl (C=O) groups is 6. The number of carboxylic acid groups (broad SMARTS) is 2. The lowest BCUT2D eigenvalue weighted by Gasteiger charge is -2.28. The first kappa shape index (κ1) is 38.1. The molecule has 0 aromatic heterocycles. The summed E-state index contributed by atoms with van der Waals surface area (Å²) in [7, 11) is 0. The largest absolute Gasteiger partial charge is 0.481 e. The highest BCUT2D eigenvalue weighted by atomic mass is 16.5. The van der Waals surface area contributed by atoms with Gasteiger partial charge in [-0.15, -0.1) is 0 Å². The van der Waals surface area contributed by atoms with Gasteiger partial charge in [0.25, 0.3) is 0 Å². The lowest BCUT2D eigenvalue weighted by Crippen LogP contribution is -2.33. The van der Waals surface area contributed by atoms with Crippen LogP contribution in [0.1, 0.15) is 84.0 Å². The number of nitrogens with one attached hydrogen (secondary N) is 2. The van der Waals surface area contributed by atoms with Crippen molar-refractivity contribution in [2.24, 2.45) is 17.8 Å². The first-order valence-electron chi connectivity index (χ1n) is 15.4. The molecule has 1 atom stereocenters. The summed E-state index contributed by atoms with van der Waals surface area (Å²) in [6.07, 6.45) is 4.16. The fourth-order valence-corrected chi connectivity index (χ4v) is 4.81. The summed E-state index contributed by atoms with van der Waals surface area (Å²) in [6.45, 7) is 4.61. The third-order valence-electron chi connectivity index (χ3n) is 7.35. The molecule has 1 aliphatic carbocycles. The molecule has 1 unspecified atom stereocenters. The van der Waals surface area contributed by atoms with E-state index in [1.807, 2.05) is 6.92 Å². The Balaban J connectivity index is 2.15. The summed E-state index contributed by atoms with van der Waals surface area (Å²) in [5.74, 6) is -3.56. The van der Waals surface area contributed by atoms with Gasteiger partial charge in [-0.2, -0.15) is 0 Å². The summed E-state index contributed by atoms with van der Waals surface area (Å²) >= 11 is 0. The van der Waals surface area contributed by atoms with Gasteiger partial charge in [0, 0.05) is 64.3 Å². The number of hydrogen-bond donors (Lipinski definition) is 4. The van der Waals surface area contributed by atoms with Gasteiger partial charge in [-0.05, 0) is 57.8 Å². The smallest absolute Gasteiger partial charge is 0.306 e. The van der Waals surface area contributed by atoms with Crippen molar-refractivity contribution in [2.75, 3.05) is 52.7 Å². The topological polar surface area (TPSA) is 195 Å². The van der Waals surface area contributed by atoms with Crippen molar-refractivity contribution in [2.45, 2.75) is 84.0 Å². The maximum Gasteiger partial charge on any atom is 0.306 e. The molecule has 43 heavy (non-hydrogen) atoms. The molecule has 0 aromatic rings. The number of amides is 2. The highest BCUT2D eigenvalue weighted by molar-refractivity contribution is 5.86. The van der Waals surface area contributed by atoms with Crippen molar-refractivity contribution in [3.8, 4) is 0 Å². The molecule has 0 radical (unpaired) electrons. The molecular formula is C30H50N2O11. The Kier molecular flexibility index (Phi) is 20.9. The van der Waals surface area contributed by atoms with Crippen LogP contribution < -0.4 is 10.6 Å². The monoisotopic (exact) mass is 614 g/mol. The van der Waals surface area contributed by atoms with Gasteiger partial charge in [0.05, 0.1) is 25.7 Å². The van der Waals surface area contributed by atoms with Crippen LogP contribution >= 0.6 is 0 Å². The van der Waals surface area contributed by atoms with E-state index >= 15 is 0 Å². The highest BCUT2D eigenvalue weighted by Gasteiger charge is 2.30. The van der Waals surface area contributed by atoms with Crippen LogP contribution in [0.15, 0.2) is 0 Å². The van der Waals surface area contributed by atoms with Gasteiger partial charge >= 0.3 is 11.9 Å². The van der Waals surface area contributed by atoms with Gasteiger partial charge < -0.3 is 35.1 Å². The van der Waals surface area contributed by atoms with Crippen LogP contribution in [0.2, 0.25) is 0 Å². The molecule has 2 amide bonds. The third-order valence-corrected chi connectivity index (χ3v) is 7.35. The number of carboxylic acids is 2. The lowest BCUT2D eigenvalue weighted by molar-refractivity contribution is -0.145. The number of hydrogen-bond acceptors (Lipinski definition) is 9. The van der Waals surface area contributed by atoms with Crippen molar-refractivity contribution in [3.63, 3.8) is 0 Å². The molecule has 0 aromatic carbocycles. The van der Waals surface area contributed by atoms with Crippen molar-refractivity contribution < 1.29 is 53.2 Å². The van der Waals surface area contributed by atoms with E-state index in [-0.39, 0.29) is 100 Å². The number of ketones is 2. The van der Waals surface area contributed by atoms with Crippen LogP contribution in [0.25, 0.3) is 0 Å². The van der Waals surface area contributed by atoms with Crippen molar-refractivity contribution in [3.05, 3.63) is 0 Å². The summed E-state index contributed by atoms with van der Waals surface area (Å²) in [6, 6.07) is 0. The second-order valence-electron chi connectivity index (χ2n) is 10.9. The minimum absolute atomic E-state index is 0.00621. The maximum absolute atomic E-state index is 12.8. The number of ether oxygens (including phenoxy) is 3. The number of rotatable bonds is 26. The van der Waals surface area contributed by atoms with Gasteiger partial charge in [0.2, 0.25) is 11.8 Å². The van der Waals surface area contributed by atoms with Gasteiger partial charge in [-0.1, -0.05) is 0 Å². The highest BCUT2D eigenvalue weighted by Crippen LogP contribution is 2.31. The van der Waals surface area contributed by atoms with Crippen molar-refractivity contribution in [1.82, 2.24) is 10.6 Å². The molecule has 0 heterocycles. The normalized spacial score (nSPS) is 17.1. The Hall–Kier alpha value is -2.90. The number of carbonyl (C=O) groups excluding carboxylic acids is 4. The van der Waals surface area contributed by atoms with E-state index in [0.717, 1.165) is 12.8 Å². The van der Waals surface area contributed by atoms with Crippen LogP contribution in [-0.2, 0) is 43.0 Å². The zero-order valence-electron chi connectivity index (χ0n) is 25.4. The summed E-state index contributed by atoms with van der Waals surface area (Å²) in [5.41, 5.74) is 0. The van der Waals surface area contributed by atoms with Gasteiger partial charge in [-0.3, -0.25) is 28.8 Å². The molecule has 1 aliphatic rings. The standard InChI is InChI=1S/C30H50N2O11/c1-2-41-15-4-5-25(33)21-43-18-17-42-16-14-31-28(36)13-12-24(30(39)40)19-26(34)23-10-8-22(9-11-23)20-32-27(35)6-3-7-29(37)38/h22-24H,2-21H2,1H3,(H,31,36)(H,32,35)(H,37,38)(H,39,40). The summed E-state index contributed by atoms with van der Waals surface area (Å²) in [4.78, 5) is 70.7. The van der Waals surface area contributed by atoms with Crippen LogP contribution in [0.4, 0.5) is 0 Å². The van der Waals surface area contributed by atoms with Gasteiger partial charge in [0.15, 0.2) is 5.78 Å². The second kappa shape index (κ2) is 23.5. The fraction of sp³-hybridized carbons (Fsp3) is 0.800. The molecular weight excluding hydrogens is 564 g/mol. The molecule has 0 bridgehead atoms. The zero-order valence-corrected chi connectivity index (χ0v) is 25.4. The SMILES string of the molecule is CCOCCCC(=O)COCCOCCNC(=O)CCC(CC(=O)C1CCC(CNC(=O)CCCC(=O)O)CC1)C(=O)O. The summed E-state index contributed by atoms with van der Waals surface area (Å²) < 4.78 is 15.8. The molecule has 1 saturated carbocycles. The second-order valence-corrected chi connectivity index (χ2v) is 10.9. The van der Waals surface area contributed by atoms with E-state index in [0.29, 0.717) is 51.9 Å². The van der Waals surface area contributed by atoms with E-state index in [1.54, 1.807) is 0 Å². The van der Waals surface area contributed by atoms with Crippen molar-refractivity contribution >= 4 is 35.3 Å². The Bertz CT molecular complexity index is 872. The fourth-order valence-electron chi connectivity index (χ4n) is 4.81. The van der Waals surface area contributed by atoms with E-state index < -0.39 is 17.9 Å². The third kappa shape index (κ3) is 19.8. The Morgan fingerprint density at radius 3 is 2.14 bits per heavy atom. The minimum Gasteiger partial charge on any atom is -0.481 e. The Labute approximate surface area is 253 Å². The molecule has 1 rings (SSSR count). The predicted molar refractivity (Wildman–Crippen MR) is 155 cm³/mol. The van der Waals surface area contributed by atoms with Crippen LogP contribution in [-0.4, -0.2) is 98.3 Å². The number of aliphatic carboxylic acids is 2. The van der Waals surface area contributed by atoms with Gasteiger partial charge in [-0.25, -0.2) is 0 Å². The molecule has 246 valence electrons. The molecule has 1 fully saturated rings. The van der Waals surface area contributed by atoms with Crippen molar-refractivity contribution in [1.29, 1.82) is 0 Å². The quantitative estimate of drug-likeness (QED) is 0.104. The molecule has 0 saturated heterocycles. The van der Waals surface area contributed by atoms with Crippen LogP contribution in [0.5, 0.6) is 0 Å². The van der Waals surface area contributed by atoms with E-state index in [2.05, 4.69) is 10.6 Å². The maximum atomic E-state index is 12.8. The number of Topliss-reactive ketones (excluding diaryl/α,β-unsaturated/α-hetero) is 2. The first-order chi connectivity index (χ1) is 20.6. The van der Waals surface area contributed by atoms with E-state index in [4.69, 9.17) is 19.3 Å². The molecule has 13 nitrogen and oxygen atoms in total.